The van der Waals surface area contributed by atoms with E-state index >= 15 is 0 Å². The number of nitrogens with zero attached hydrogens (tertiary/aromatic N) is 3. The molecule has 0 bridgehead atoms. The van der Waals surface area contributed by atoms with E-state index in [1.807, 2.05) is 6.92 Å². The molecule has 21 heavy (non-hydrogen) atoms. The van der Waals surface area contributed by atoms with Gasteiger partial charge in [-0.1, -0.05) is 6.92 Å². The van der Waals surface area contributed by atoms with Gasteiger partial charge in [-0.3, -0.25) is 9.36 Å². The van der Waals surface area contributed by atoms with Crippen molar-refractivity contribution in [3.05, 3.63) is 42.6 Å². The lowest BCUT2D eigenvalue weighted by Crippen LogP contribution is -2.25. The molecule has 6 heteroatoms. The van der Waals surface area contributed by atoms with E-state index in [0.29, 0.717) is 12.1 Å². The third-order valence-corrected chi connectivity index (χ3v) is 3.25. The maximum Gasteiger partial charge on any atom is 0.252 e. The van der Waals surface area contributed by atoms with Crippen molar-refractivity contribution in [1.29, 1.82) is 0 Å². The van der Waals surface area contributed by atoms with E-state index in [4.69, 9.17) is 5.11 Å². The SMILES string of the molecule is CC(CO)CCCNC(=O)c1ccc(-n2ccnc2)nc1. The standard InChI is InChI=1S/C15H20N4O2/c1-12(10-20)3-2-6-17-15(21)13-4-5-14(18-9-13)19-8-7-16-11-19/h4-5,7-9,11-12,20H,2-3,6,10H2,1H3,(H,17,21). The molecule has 0 fully saturated rings. The Morgan fingerprint density at radius 3 is 2.95 bits per heavy atom. The Balaban J connectivity index is 1.83. The Kier molecular flexibility index (Phi) is 5.45. The van der Waals surface area contributed by atoms with Crippen LogP contribution in [0.25, 0.3) is 5.82 Å². The largest absolute Gasteiger partial charge is 0.396 e. The van der Waals surface area contributed by atoms with Gasteiger partial charge in [-0.2, -0.15) is 0 Å². The van der Waals surface area contributed by atoms with Crippen LogP contribution in [0.5, 0.6) is 0 Å². The third-order valence-electron chi connectivity index (χ3n) is 3.25. The van der Waals surface area contributed by atoms with Crippen LogP contribution in [0.15, 0.2) is 37.1 Å². The van der Waals surface area contributed by atoms with Gasteiger partial charge in [-0.05, 0) is 30.9 Å². The van der Waals surface area contributed by atoms with Gasteiger partial charge in [0.05, 0.1) is 5.56 Å². The van der Waals surface area contributed by atoms with Crippen LogP contribution in [-0.2, 0) is 0 Å². The zero-order valence-electron chi connectivity index (χ0n) is 12.1. The first-order valence-corrected chi connectivity index (χ1v) is 7.04. The molecule has 1 amide bonds. The third kappa shape index (κ3) is 4.39. The summed E-state index contributed by atoms with van der Waals surface area (Å²) in [5.41, 5.74) is 0.536. The Morgan fingerprint density at radius 1 is 1.48 bits per heavy atom. The van der Waals surface area contributed by atoms with Gasteiger partial charge in [-0.15, -0.1) is 0 Å². The minimum Gasteiger partial charge on any atom is -0.396 e. The van der Waals surface area contributed by atoms with Gasteiger partial charge >= 0.3 is 0 Å². The highest BCUT2D eigenvalue weighted by atomic mass is 16.3. The summed E-state index contributed by atoms with van der Waals surface area (Å²) in [6.45, 7) is 2.78. The summed E-state index contributed by atoms with van der Waals surface area (Å²) in [6.07, 6.45) is 8.44. The van der Waals surface area contributed by atoms with Crippen LogP contribution >= 0.6 is 0 Å². The summed E-state index contributed by atoms with van der Waals surface area (Å²) in [6, 6.07) is 3.53. The average molecular weight is 288 g/mol. The molecule has 2 aromatic rings. The number of aliphatic hydroxyl groups is 1. The Bertz CT molecular complexity index is 552. The van der Waals surface area contributed by atoms with Crippen LogP contribution in [0.1, 0.15) is 30.1 Å². The van der Waals surface area contributed by atoms with Crippen LogP contribution in [0.2, 0.25) is 0 Å². The van der Waals surface area contributed by atoms with Crippen molar-refractivity contribution >= 4 is 5.91 Å². The lowest BCUT2D eigenvalue weighted by Gasteiger charge is -2.08. The number of pyridine rings is 1. The fourth-order valence-electron chi connectivity index (χ4n) is 1.91. The van der Waals surface area contributed by atoms with Gasteiger partial charge < -0.3 is 10.4 Å². The Morgan fingerprint density at radius 2 is 2.33 bits per heavy atom. The number of carbonyl (C=O) groups excluding carboxylic acids is 1. The molecule has 0 aliphatic rings. The van der Waals surface area contributed by atoms with Crippen LogP contribution in [0.4, 0.5) is 0 Å². The number of hydrogen-bond acceptors (Lipinski definition) is 4. The summed E-state index contributed by atoms with van der Waals surface area (Å²) >= 11 is 0. The predicted octanol–water partition coefficient (Wildman–Crippen LogP) is 1.41. The second-order valence-electron chi connectivity index (χ2n) is 5.06. The highest BCUT2D eigenvalue weighted by Crippen LogP contribution is 2.06. The fraction of sp³-hybridized carbons (Fsp3) is 0.400. The number of aromatic nitrogens is 3. The van der Waals surface area contributed by atoms with Gasteiger partial charge in [0.25, 0.3) is 5.91 Å². The number of aliphatic hydroxyl groups excluding tert-OH is 1. The molecular formula is C15H20N4O2. The molecule has 0 aromatic carbocycles. The molecule has 112 valence electrons. The van der Waals surface area contributed by atoms with Crippen molar-refractivity contribution in [2.75, 3.05) is 13.2 Å². The van der Waals surface area contributed by atoms with Crippen molar-refractivity contribution in [2.24, 2.45) is 5.92 Å². The topological polar surface area (TPSA) is 80.0 Å². The lowest BCUT2D eigenvalue weighted by atomic mass is 10.1. The Labute approximate surface area is 123 Å². The lowest BCUT2D eigenvalue weighted by molar-refractivity contribution is 0.0951. The summed E-state index contributed by atoms with van der Waals surface area (Å²) in [4.78, 5) is 20.1. The van der Waals surface area contributed by atoms with E-state index in [1.54, 1.807) is 41.6 Å². The van der Waals surface area contributed by atoms with E-state index in [9.17, 15) is 4.79 Å². The number of imidazole rings is 1. The molecule has 6 nitrogen and oxygen atoms in total. The monoisotopic (exact) mass is 288 g/mol. The smallest absolute Gasteiger partial charge is 0.252 e. The first-order valence-electron chi connectivity index (χ1n) is 7.04. The highest BCUT2D eigenvalue weighted by Gasteiger charge is 2.06. The summed E-state index contributed by atoms with van der Waals surface area (Å²) in [7, 11) is 0. The van der Waals surface area contributed by atoms with Crippen molar-refractivity contribution in [1.82, 2.24) is 19.9 Å². The van der Waals surface area contributed by atoms with Crippen LogP contribution in [0, 0.1) is 5.92 Å². The quantitative estimate of drug-likeness (QED) is 0.755. The van der Waals surface area contributed by atoms with E-state index < -0.39 is 0 Å². The van der Waals surface area contributed by atoms with Crippen LogP contribution in [0.3, 0.4) is 0 Å². The van der Waals surface area contributed by atoms with Gasteiger partial charge in [0.1, 0.15) is 12.1 Å². The predicted molar refractivity (Wildman–Crippen MR) is 79.2 cm³/mol. The number of amides is 1. The molecule has 1 unspecified atom stereocenters. The number of nitrogens with one attached hydrogen (secondary N) is 1. The van der Waals surface area contributed by atoms with Crippen LogP contribution in [-0.4, -0.2) is 38.7 Å². The van der Waals surface area contributed by atoms with E-state index in [-0.39, 0.29) is 18.4 Å². The number of hydrogen-bond donors (Lipinski definition) is 2. The van der Waals surface area contributed by atoms with Crippen molar-refractivity contribution in [3.8, 4) is 5.82 Å². The van der Waals surface area contributed by atoms with Gasteiger partial charge in [-0.25, -0.2) is 9.97 Å². The molecule has 2 N–H and O–H groups in total. The summed E-state index contributed by atoms with van der Waals surface area (Å²) in [5.74, 6) is 0.871. The van der Waals surface area contributed by atoms with Crippen molar-refractivity contribution in [3.63, 3.8) is 0 Å². The van der Waals surface area contributed by atoms with Crippen LogP contribution < -0.4 is 5.32 Å². The number of rotatable bonds is 7. The molecule has 0 aliphatic heterocycles. The molecule has 0 aliphatic carbocycles. The molecule has 0 spiro atoms. The van der Waals surface area contributed by atoms with E-state index in [1.165, 1.54) is 0 Å². The molecule has 2 aromatic heterocycles. The van der Waals surface area contributed by atoms with Gasteiger partial charge in [0.15, 0.2) is 0 Å². The summed E-state index contributed by atoms with van der Waals surface area (Å²) < 4.78 is 1.78. The molecule has 0 radical (unpaired) electrons. The molecule has 2 rings (SSSR count). The normalized spacial score (nSPS) is 12.1. The molecule has 0 saturated carbocycles. The zero-order valence-corrected chi connectivity index (χ0v) is 12.1. The fourth-order valence-corrected chi connectivity index (χ4v) is 1.91. The maximum absolute atomic E-state index is 11.9. The van der Waals surface area contributed by atoms with E-state index in [2.05, 4.69) is 15.3 Å². The summed E-state index contributed by atoms with van der Waals surface area (Å²) in [5, 5.41) is 11.8. The average Bonchev–Trinajstić information content (AvgIpc) is 3.05. The van der Waals surface area contributed by atoms with E-state index in [0.717, 1.165) is 18.7 Å². The number of carbonyl (C=O) groups is 1. The second kappa shape index (κ2) is 7.54. The van der Waals surface area contributed by atoms with Crippen molar-refractivity contribution < 1.29 is 9.90 Å². The van der Waals surface area contributed by atoms with Crippen molar-refractivity contribution in [2.45, 2.75) is 19.8 Å². The first-order chi connectivity index (χ1) is 10.2. The first kappa shape index (κ1) is 15.2. The maximum atomic E-state index is 11.9. The van der Waals surface area contributed by atoms with Gasteiger partial charge in [0, 0.05) is 31.7 Å². The molecular weight excluding hydrogens is 268 g/mol. The molecule has 2 heterocycles. The zero-order chi connectivity index (χ0) is 15.1. The minimum absolute atomic E-state index is 0.128. The van der Waals surface area contributed by atoms with Gasteiger partial charge in [0.2, 0.25) is 0 Å². The molecule has 1 atom stereocenters. The highest BCUT2D eigenvalue weighted by molar-refractivity contribution is 5.93. The minimum atomic E-state index is -0.128. The molecule has 0 saturated heterocycles. The second-order valence-corrected chi connectivity index (χ2v) is 5.06. The Hall–Kier alpha value is -2.21.